The third kappa shape index (κ3) is 5.46. The standard InChI is InChI=1S/C20H22FNO4/c21-16-5-9-17(10-6-16)25-13-11-22-20(23)15-3-7-18(8-4-15)26-14-19-2-1-12-24-19/h3-10,19H,1-2,11-14H2,(H,22,23)/t19-/m0/s1. The van der Waals surface area contributed by atoms with Crippen molar-refractivity contribution in [2.75, 3.05) is 26.4 Å². The SMILES string of the molecule is O=C(NCCOc1ccc(F)cc1)c1ccc(OC[C@@H]2CCCO2)cc1. The van der Waals surface area contributed by atoms with Crippen LogP contribution in [0.25, 0.3) is 0 Å². The third-order valence-corrected chi connectivity index (χ3v) is 4.05. The van der Waals surface area contributed by atoms with Crippen molar-refractivity contribution in [3.8, 4) is 11.5 Å². The van der Waals surface area contributed by atoms with Crippen molar-refractivity contribution in [1.29, 1.82) is 0 Å². The molecule has 3 rings (SSSR count). The Kier molecular flexibility index (Phi) is 6.44. The Morgan fingerprint density at radius 2 is 1.77 bits per heavy atom. The predicted octanol–water partition coefficient (Wildman–Crippen LogP) is 3.19. The highest BCUT2D eigenvalue weighted by Gasteiger charge is 2.16. The summed E-state index contributed by atoms with van der Waals surface area (Å²) in [6.07, 6.45) is 2.28. The number of nitrogens with one attached hydrogen (secondary N) is 1. The van der Waals surface area contributed by atoms with Crippen LogP contribution in [0.1, 0.15) is 23.2 Å². The summed E-state index contributed by atoms with van der Waals surface area (Å²) < 4.78 is 29.4. The summed E-state index contributed by atoms with van der Waals surface area (Å²) in [5.74, 6) is 0.789. The molecule has 1 fully saturated rings. The molecule has 6 heteroatoms. The van der Waals surface area contributed by atoms with Crippen molar-refractivity contribution in [2.24, 2.45) is 0 Å². The van der Waals surface area contributed by atoms with Crippen LogP contribution in [0.4, 0.5) is 4.39 Å². The minimum absolute atomic E-state index is 0.166. The summed E-state index contributed by atoms with van der Waals surface area (Å²) in [6, 6.07) is 12.8. The third-order valence-electron chi connectivity index (χ3n) is 4.05. The Bertz CT molecular complexity index is 697. The molecule has 1 amide bonds. The Labute approximate surface area is 152 Å². The van der Waals surface area contributed by atoms with Gasteiger partial charge in [-0.25, -0.2) is 4.39 Å². The molecule has 0 saturated carbocycles. The maximum atomic E-state index is 12.8. The van der Waals surface area contributed by atoms with Crippen molar-refractivity contribution >= 4 is 5.91 Å². The first-order valence-electron chi connectivity index (χ1n) is 8.72. The fourth-order valence-corrected chi connectivity index (χ4v) is 2.63. The van der Waals surface area contributed by atoms with Crippen LogP contribution in [0, 0.1) is 5.82 Å². The summed E-state index contributed by atoms with van der Waals surface area (Å²) in [5.41, 5.74) is 0.552. The Balaban J connectivity index is 1.37. The van der Waals surface area contributed by atoms with Crippen LogP contribution < -0.4 is 14.8 Å². The molecule has 1 saturated heterocycles. The molecular weight excluding hydrogens is 337 g/mol. The Hall–Kier alpha value is -2.60. The molecule has 1 N–H and O–H groups in total. The fourth-order valence-electron chi connectivity index (χ4n) is 2.63. The van der Waals surface area contributed by atoms with Crippen LogP contribution in [-0.2, 0) is 4.74 Å². The van der Waals surface area contributed by atoms with Gasteiger partial charge in [-0.3, -0.25) is 4.79 Å². The van der Waals surface area contributed by atoms with E-state index in [1.807, 2.05) is 0 Å². The molecule has 138 valence electrons. The number of carbonyl (C=O) groups excluding carboxylic acids is 1. The number of carbonyl (C=O) groups is 1. The predicted molar refractivity (Wildman–Crippen MR) is 95.1 cm³/mol. The van der Waals surface area contributed by atoms with Gasteiger partial charge in [-0.1, -0.05) is 0 Å². The molecule has 2 aromatic rings. The molecule has 2 aromatic carbocycles. The maximum Gasteiger partial charge on any atom is 0.251 e. The zero-order chi connectivity index (χ0) is 18.2. The largest absolute Gasteiger partial charge is 0.492 e. The number of hydrogen-bond acceptors (Lipinski definition) is 4. The van der Waals surface area contributed by atoms with Crippen LogP contribution in [0.5, 0.6) is 11.5 Å². The second-order valence-electron chi connectivity index (χ2n) is 6.03. The van der Waals surface area contributed by atoms with E-state index >= 15 is 0 Å². The molecule has 0 radical (unpaired) electrons. The van der Waals surface area contributed by atoms with Gasteiger partial charge < -0.3 is 19.5 Å². The van der Waals surface area contributed by atoms with Gasteiger partial charge in [0.2, 0.25) is 0 Å². The summed E-state index contributed by atoms with van der Waals surface area (Å²) >= 11 is 0. The van der Waals surface area contributed by atoms with E-state index in [1.165, 1.54) is 12.1 Å². The monoisotopic (exact) mass is 359 g/mol. The minimum Gasteiger partial charge on any atom is -0.492 e. The van der Waals surface area contributed by atoms with Crippen molar-refractivity contribution < 1.29 is 23.4 Å². The van der Waals surface area contributed by atoms with Crippen molar-refractivity contribution in [3.63, 3.8) is 0 Å². The van der Waals surface area contributed by atoms with E-state index < -0.39 is 0 Å². The first-order valence-corrected chi connectivity index (χ1v) is 8.72. The van der Waals surface area contributed by atoms with Gasteiger partial charge in [0.25, 0.3) is 5.91 Å². The van der Waals surface area contributed by atoms with Gasteiger partial charge in [0.05, 0.1) is 12.6 Å². The number of hydrogen-bond donors (Lipinski definition) is 1. The van der Waals surface area contributed by atoms with Gasteiger partial charge in [0.15, 0.2) is 0 Å². The molecule has 0 aromatic heterocycles. The summed E-state index contributed by atoms with van der Waals surface area (Å²) in [6.45, 7) is 2.00. The zero-order valence-electron chi connectivity index (χ0n) is 14.4. The van der Waals surface area contributed by atoms with Crippen LogP contribution in [0.3, 0.4) is 0 Å². The van der Waals surface area contributed by atoms with Crippen molar-refractivity contribution in [1.82, 2.24) is 5.32 Å². The van der Waals surface area contributed by atoms with E-state index in [4.69, 9.17) is 14.2 Å². The number of halogens is 1. The topological polar surface area (TPSA) is 56.8 Å². The van der Waals surface area contributed by atoms with E-state index in [-0.39, 0.29) is 17.8 Å². The van der Waals surface area contributed by atoms with Gasteiger partial charge in [-0.15, -0.1) is 0 Å². The van der Waals surface area contributed by atoms with E-state index in [1.54, 1.807) is 36.4 Å². The average Bonchev–Trinajstić information content (AvgIpc) is 3.19. The molecule has 26 heavy (non-hydrogen) atoms. The average molecular weight is 359 g/mol. The van der Waals surface area contributed by atoms with Gasteiger partial charge >= 0.3 is 0 Å². The minimum atomic E-state index is -0.311. The summed E-state index contributed by atoms with van der Waals surface area (Å²) in [4.78, 5) is 12.1. The van der Waals surface area contributed by atoms with E-state index in [0.29, 0.717) is 31.1 Å². The van der Waals surface area contributed by atoms with Crippen LogP contribution >= 0.6 is 0 Å². The van der Waals surface area contributed by atoms with Crippen molar-refractivity contribution in [3.05, 3.63) is 59.9 Å². The first-order chi connectivity index (χ1) is 12.7. The van der Waals surface area contributed by atoms with E-state index in [2.05, 4.69) is 5.32 Å². The molecule has 1 heterocycles. The lowest BCUT2D eigenvalue weighted by atomic mass is 10.2. The Morgan fingerprint density at radius 1 is 1.08 bits per heavy atom. The second kappa shape index (κ2) is 9.20. The molecule has 1 aliphatic rings. The lowest BCUT2D eigenvalue weighted by molar-refractivity contribution is 0.0679. The second-order valence-corrected chi connectivity index (χ2v) is 6.03. The Morgan fingerprint density at radius 3 is 2.46 bits per heavy atom. The van der Waals surface area contributed by atoms with E-state index in [0.717, 1.165) is 25.2 Å². The normalized spacial score (nSPS) is 16.3. The lowest BCUT2D eigenvalue weighted by Crippen LogP contribution is -2.28. The van der Waals surface area contributed by atoms with Crippen LogP contribution in [0.15, 0.2) is 48.5 Å². The van der Waals surface area contributed by atoms with Gasteiger partial charge in [0.1, 0.15) is 30.5 Å². The summed E-state index contributed by atoms with van der Waals surface area (Å²) in [7, 11) is 0. The first kappa shape index (κ1) is 18.2. The zero-order valence-corrected chi connectivity index (χ0v) is 14.4. The molecule has 1 aliphatic heterocycles. The maximum absolute atomic E-state index is 12.8. The van der Waals surface area contributed by atoms with E-state index in [9.17, 15) is 9.18 Å². The van der Waals surface area contributed by atoms with Gasteiger partial charge in [-0.05, 0) is 61.4 Å². The van der Waals surface area contributed by atoms with Crippen LogP contribution in [0.2, 0.25) is 0 Å². The highest BCUT2D eigenvalue weighted by atomic mass is 19.1. The van der Waals surface area contributed by atoms with Crippen LogP contribution in [-0.4, -0.2) is 38.4 Å². The highest BCUT2D eigenvalue weighted by Crippen LogP contribution is 2.16. The number of ether oxygens (including phenoxy) is 3. The lowest BCUT2D eigenvalue weighted by Gasteiger charge is -2.12. The van der Waals surface area contributed by atoms with Gasteiger partial charge in [-0.2, -0.15) is 0 Å². The molecule has 1 atom stereocenters. The summed E-state index contributed by atoms with van der Waals surface area (Å²) in [5, 5.41) is 2.78. The molecule has 0 bridgehead atoms. The van der Waals surface area contributed by atoms with Crippen molar-refractivity contribution in [2.45, 2.75) is 18.9 Å². The molecular formula is C20H22FNO4. The number of rotatable bonds is 8. The number of benzene rings is 2. The molecule has 0 aliphatic carbocycles. The number of amides is 1. The quantitative estimate of drug-likeness (QED) is 0.736. The molecule has 0 spiro atoms. The molecule has 5 nitrogen and oxygen atoms in total. The van der Waals surface area contributed by atoms with Gasteiger partial charge in [0, 0.05) is 12.2 Å². The molecule has 0 unspecified atom stereocenters. The fraction of sp³-hybridized carbons (Fsp3) is 0.350. The smallest absolute Gasteiger partial charge is 0.251 e. The highest BCUT2D eigenvalue weighted by molar-refractivity contribution is 5.94.